The van der Waals surface area contributed by atoms with E-state index in [1.54, 1.807) is 0 Å². The summed E-state index contributed by atoms with van der Waals surface area (Å²) in [7, 11) is 1.91. The molecule has 0 saturated heterocycles. The van der Waals surface area contributed by atoms with Gasteiger partial charge in [0.15, 0.2) is 0 Å². The molecule has 3 nitrogen and oxygen atoms in total. The van der Waals surface area contributed by atoms with E-state index < -0.39 is 11.4 Å². The van der Waals surface area contributed by atoms with Gasteiger partial charge in [0.25, 0.3) is 0 Å². The fraction of sp³-hybridized carbons (Fsp3) is 0.900. The molecule has 0 heterocycles. The molecular weight excluding hydrogens is 408 g/mol. The Morgan fingerprint density at radius 2 is 1.55 bits per heavy atom. The van der Waals surface area contributed by atoms with E-state index in [1.165, 1.54) is 44.1 Å². The van der Waals surface area contributed by atoms with Crippen molar-refractivity contribution in [1.29, 1.82) is 0 Å². The number of allylic oxidation sites excluding steroid dienone is 1. The number of carbonyl (C=O) groups is 1. The fourth-order valence-corrected chi connectivity index (χ4v) is 11.6. The fourth-order valence-electron chi connectivity index (χ4n) is 11.6. The summed E-state index contributed by atoms with van der Waals surface area (Å²) in [6.45, 7) is 16.7. The highest BCUT2D eigenvalue weighted by molar-refractivity contribution is 5.76. The minimum absolute atomic E-state index is 0.224. The Hall–Kier alpha value is -0.830. The summed E-state index contributed by atoms with van der Waals surface area (Å²) >= 11 is 0. The van der Waals surface area contributed by atoms with Crippen LogP contribution in [-0.4, -0.2) is 24.3 Å². The SMILES string of the molecule is C=C(C)[C@@H]1CC[C@]2(C(=O)O)CCC3C(CCC4[C@@]3(C)CCC3C(C)(C)[C@@H](OC)CC[C@@]34C)C12. The monoisotopic (exact) mass is 456 g/mol. The third-order valence-corrected chi connectivity index (χ3v) is 12.9. The lowest BCUT2D eigenvalue weighted by atomic mass is 9.36. The van der Waals surface area contributed by atoms with Crippen LogP contribution in [0.15, 0.2) is 12.2 Å². The van der Waals surface area contributed by atoms with Crippen molar-refractivity contribution in [3.8, 4) is 0 Å². The van der Waals surface area contributed by atoms with Crippen molar-refractivity contribution in [1.82, 2.24) is 0 Å². The van der Waals surface area contributed by atoms with Gasteiger partial charge in [-0.1, -0.05) is 39.8 Å². The average Bonchev–Trinajstić information content (AvgIpc) is 3.15. The standard InChI is InChI=1S/C30H48O3/c1-18(2)19-10-16-30(26(31)32)17-11-21-20(25(19)30)8-9-23-28(21,5)14-12-22-27(3,4)24(33-7)13-15-29(22,23)6/h19-25H,1,8-17H2,2-7H3,(H,31,32)/t19-,20?,21?,22?,23?,24-,25?,28-,29-,30-/m0/s1. The van der Waals surface area contributed by atoms with E-state index in [2.05, 4.69) is 41.2 Å². The molecule has 5 rings (SSSR count). The van der Waals surface area contributed by atoms with Crippen molar-refractivity contribution in [3.63, 3.8) is 0 Å². The molecule has 5 fully saturated rings. The van der Waals surface area contributed by atoms with Crippen molar-refractivity contribution in [2.75, 3.05) is 7.11 Å². The molecule has 3 heteroatoms. The molecule has 5 aliphatic carbocycles. The zero-order chi connectivity index (χ0) is 24.0. The van der Waals surface area contributed by atoms with Crippen molar-refractivity contribution in [2.45, 2.75) is 105 Å². The van der Waals surface area contributed by atoms with Gasteiger partial charge in [0.2, 0.25) is 0 Å². The van der Waals surface area contributed by atoms with Crippen molar-refractivity contribution in [3.05, 3.63) is 12.2 Å². The van der Waals surface area contributed by atoms with Gasteiger partial charge in [-0.25, -0.2) is 0 Å². The zero-order valence-electron chi connectivity index (χ0n) is 22.1. The average molecular weight is 457 g/mol. The Balaban J connectivity index is 1.50. The molecule has 5 unspecified atom stereocenters. The second kappa shape index (κ2) is 7.58. The predicted octanol–water partition coefficient (Wildman–Crippen LogP) is 7.35. The van der Waals surface area contributed by atoms with E-state index >= 15 is 0 Å². The first kappa shape index (κ1) is 23.9. The molecule has 186 valence electrons. The molecule has 1 N–H and O–H groups in total. The van der Waals surface area contributed by atoms with Crippen molar-refractivity contribution < 1.29 is 14.6 Å². The molecule has 10 atom stereocenters. The number of methoxy groups -OCH3 is 1. The van der Waals surface area contributed by atoms with Crippen LogP contribution < -0.4 is 0 Å². The van der Waals surface area contributed by atoms with Crippen LogP contribution in [-0.2, 0) is 9.53 Å². The van der Waals surface area contributed by atoms with Crippen LogP contribution in [0.5, 0.6) is 0 Å². The summed E-state index contributed by atoms with van der Waals surface area (Å²) in [5.41, 5.74) is 1.68. The van der Waals surface area contributed by atoms with Gasteiger partial charge in [0.05, 0.1) is 11.5 Å². The van der Waals surface area contributed by atoms with E-state index in [1.807, 2.05) is 7.11 Å². The number of carboxylic acid groups (broad SMARTS) is 1. The summed E-state index contributed by atoms with van der Waals surface area (Å²) in [5, 5.41) is 10.4. The van der Waals surface area contributed by atoms with Crippen LogP contribution in [0.4, 0.5) is 0 Å². The minimum atomic E-state index is -0.516. The molecule has 0 aromatic heterocycles. The van der Waals surface area contributed by atoms with Crippen molar-refractivity contribution in [2.24, 2.45) is 57.2 Å². The van der Waals surface area contributed by atoms with E-state index in [9.17, 15) is 9.90 Å². The minimum Gasteiger partial charge on any atom is -0.481 e. The normalized spacial score (nSPS) is 52.7. The van der Waals surface area contributed by atoms with Gasteiger partial charge in [0, 0.05) is 7.11 Å². The lowest BCUT2D eigenvalue weighted by Gasteiger charge is -2.69. The first-order valence-corrected chi connectivity index (χ1v) is 13.8. The van der Waals surface area contributed by atoms with Crippen molar-refractivity contribution >= 4 is 5.97 Å². The van der Waals surface area contributed by atoms with Crippen LogP contribution in [0.25, 0.3) is 0 Å². The van der Waals surface area contributed by atoms with Gasteiger partial charge in [-0.3, -0.25) is 4.79 Å². The molecule has 0 amide bonds. The molecule has 5 aliphatic rings. The number of rotatable bonds is 3. The number of hydrogen-bond acceptors (Lipinski definition) is 2. The smallest absolute Gasteiger partial charge is 0.309 e. The third-order valence-electron chi connectivity index (χ3n) is 12.9. The highest BCUT2D eigenvalue weighted by Crippen LogP contribution is 2.73. The summed E-state index contributed by atoms with van der Waals surface area (Å²) < 4.78 is 6.00. The van der Waals surface area contributed by atoms with Gasteiger partial charge in [0.1, 0.15) is 0 Å². The van der Waals surface area contributed by atoms with Crippen LogP contribution in [0.3, 0.4) is 0 Å². The maximum Gasteiger partial charge on any atom is 0.309 e. The Morgan fingerprint density at radius 3 is 2.18 bits per heavy atom. The molecule has 33 heavy (non-hydrogen) atoms. The first-order chi connectivity index (χ1) is 15.4. The van der Waals surface area contributed by atoms with Gasteiger partial charge in [-0.2, -0.15) is 0 Å². The quantitative estimate of drug-likeness (QED) is 0.451. The molecule has 0 spiro atoms. The van der Waals surface area contributed by atoms with Gasteiger partial charge in [-0.15, -0.1) is 0 Å². The lowest BCUT2D eigenvalue weighted by Crippen LogP contribution is -2.63. The van der Waals surface area contributed by atoms with Crippen LogP contribution in [0, 0.1) is 57.2 Å². The second-order valence-corrected chi connectivity index (χ2v) is 14.1. The Labute approximate surface area is 202 Å². The van der Waals surface area contributed by atoms with E-state index in [-0.39, 0.29) is 5.41 Å². The molecule has 0 aromatic carbocycles. The number of hydrogen-bond donors (Lipinski definition) is 1. The van der Waals surface area contributed by atoms with E-state index in [0.29, 0.717) is 40.6 Å². The number of ether oxygens (including phenoxy) is 1. The Morgan fingerprint density at radius 1 is 0.879 bits per heavy atom. The Kier molecular flexibility index (Phi) is 5.49. The lowest BCUT2D eigenvalue weighted by molar-refractivity contribution is -0.220. The van der Waals surface area contributed by atoms with Crippen LogP contribution >= 0.6 is 0 Å². The van der Waals surface area contributed by atoms with Gasteiger partial charge < -0.3 is 9.84 Å². The zero-order valence-corrected chi connectivity index (χ0v) is 22.1. The maximum absolute atomic E-state index is 12.7. The van der Waals surface area contributed by atoms with E-state index in [0.717, 1.165) is 37.5 Å². The highest BCUT2D eigenvalue weighted by atomic mass is 16.5. The Bertz CT molecular complexity index is 830. The summed E-state index contributed by atoms with van der Waals surface area (Å²) in [6, 6.07) is 0. The predicted molar refractivity (Wildman–Crippen MR) is 133 cm³/mol. The second-order valence-electron chi connectivity index (χ2n) is 14.1. The summed E-state index contributed by atoms with van der Waals surface area (Å²) in [6.07, 6.45) is 11.9. The van der Waals surface area contributed by atoms with E-state index in [4.69, 9.17) is 4.74 Å². The molecule has 0 radical (unpaired) electrons. The molecule has 0 aromatic rings. The van der Waals surface area contributed by atoms with Gasteiger partial charge in [-0.05, 0) is 123 Å². The summed E-state index contributed by atoms with van der Waals surface area (Å²) in [5.74, 6) is 2.89. The highest BCUT2D eigenvalue weighted by Gasteiger charge is 2.68. The first-order valence-electron chi connectivity index (χ1n) is 13.8. The molecule has 0 aliphatic heterocycles. The largest absolute Gasteiger partial charge is 0.481 e. The molecular formula is C30H48O3. The van der Waals surface area contributed by atoms with Gasteiger partial charge >= 0.3 is 5.97 Å². The van der Waals surface area contributed by atoms with Crippen LogP contribution in [0.1, 0.15) is 98.8 Å². The van der Waals surface area contributed by atoms with Crippen LogP contribution in [0.2, 0.25) is 0 Å². The topological polar surface area (TPSA) is 46.5 Å². The molecule has 5 saturated carbocycles. The third kappa shape index (κ3) is 2.99. The number of aliphatic carboxylic acids is 1. The molecule has 0 bridgehead atoms. The number of fused-ring (bicyclic) bond motifs is 7. The number of carboxylic acids is 1. The maximum atomic E-state index is 12.7. The summed E-state index contributed by atoms with van der Waals surface area (Å²) in [4.78, 5) is 12.7.